The van der Waals surface area contributed by atoms with Gasteiger partial charge in [0.05, 0.1) is 18.2 Å². The fourth-order valence-corrected chi connectivity index (χ4v) is 3.14. The van der Waals surface area contributed by atoms with Gasteiger partial charge < -0.3 is 14.8 Å². The molecule has 1 aliphatic heterocycles. The number of halogens is 1. The molecule has 0 aromatic heterocycles. The molecule has 1 atom stereocenters. The maximum absolute atomic E-state index is 5.75. The number of benzene rings is 1. The summed E-state index contributed by atoms with van der Waals surface area (Å²) in [4.78, 5) is 0. The van der Waals surface area contributed by atoms with Crippen molar-refractivity contribution in [3.63, 3.8) is 0 Å². The predicted molar refractivity (Wildman–Crippen MR) is 81.2 cm³/mol. The summed E-state index contributed by atoms with van der Waals surface area (Å²) in [7, 11) is 1.68. The van der Waals surface area contributed by atoms with Crippen LogP contribution in [0, 0.1) is 5.92 Å². The minimum atomic E-state index is 0.681. The lowest BCUT2D eigenvalue weighted by Crippen LogP contribution is -2.30. The molecule has 0 saturated carbocycles. The molecule has 1 aromatic carbocycles. The molecule has 1 fully saturated rings. The second-order valence-electron chi connectivity index (χ2n) is 4.94. The quantitative estimate of drug-likeness (QED) is 0.899. The first-order chi connectivity index (χ1) is 9.24. The third-order valence-electron chi connectivity index (χ3n) is 3.54. The van der Waals surface area contributed by atoms with E-state index < -0.39 is 0 Å². The van der Waals surface area contributed by atoms with Gasteiger partial charge in [-0.2, -0.15) is 0 Å². The first-order valence-electron chi connectivity index (χ1n) is 6.94. The highest BCUT2D eigenvalue weighted by molar-refractivity contribution is 9.10. The van der Waals surface area contributed by atoms with Crippen LogP contribution in [0.3, 0.4) is 0 Å². The van der Waals surface area contributed by atoms with Gasteiger partial charge >= 0.3 is 0 Å². The summed E-state index contributed by atoms with van der Waals surface area (Å²) >= 11 is 3.56. The van der Waals surface area contributed by atoms with Gasteiger partial charge in [-0.3, -0.25) is 0 Å². The maximum atomic E-state index is 5.75. The van der Waals surface area contributed by atoms with E-state index in [1.807, 2.05) is 13.0 Å². The molecule has 0 spiro atoms. The van der Waals surface area contributed by atoms with Crippen molar-refractivity contribution in [3.8, 4) is 11.5 Å². The van der Waals surface area contributed by atoms with Crippen molar-refractivity contribution in [3.05, 3.63) is 22.2 Å². The summed E-state index contributed by atoms with van der Waals surface area (Å²) < 4.78 is 12.1. The Morgan fingerprint density at radius 2 is 2.21 bits per heavy atom. The van der Waals surface area contributed by atoms with E-state index >= 15 is 0 Å². The highest BCUT2D eigenvalue weighted by Crippen LogP contribution is 2.34. The van der Waals surface area contributed by atoms with Crippen molar-refractivity contribution in [2.24, 2.45) is 5.92 Å². The molecular formula is C15H22BrNO2. The third kappa shape index (κ3) is 3.86. The highest BCUT2D eigenvalue weighted by Gasteiger charge is 2.17. The molecule has 0 aliphatic carbocycles. The summed E-state index contributed by atoms with van der Waals surface area (Å²) in [6.07, 6.45) is 3.62. The molecule has 1 unspecified atom stereocenters. The molecule has 4 heteroatoms. The largest absolute Gasteiger partial charge is 0.495 e. The smallest absolute Gasteiger partial charge is 0.136 e. The standard InChI is InChI=1S/C15H22BrNO2/c1-3-19-14-9-15(18-2)13(16)8-12(14)7-11-5-4-6-17-10-11/h8-9,11,17H,3-7,10H2,1-2H3. The van der Waals surface area contributed by atoms with Crippen LogP contribution in [0.1, 0.15) is 25.3 Å². The van der Waals surface area contributed by atoms with Gasteiger partial charge in [-0.05, 0) is 72.8 Å². The summed E-state index contributed by atoms with van der Waals surface area (Å²) in [6.45, 7) is 4.96. The van der Waals surface area contributed by atoms with E-state index in [-0.39, 0.29) is 0 Å². The van der Waals surface area contributed by atoms with Crippen molar-refractivity contribution in [1.29, 1.82) is 0 Å². The summed E-state index contributed by atoms with van der Waals surface area (Å²) in [5, 5.41) is 3.47. The highest BCUT2D eigenvalue weighted by atomic mass is 79.9. The van der Waals surface area contributed by atoms with Crippen molar-refractivity contribution < 1.29 is 9.47 Å². The van der Waals surface area contributed by atoms with Gasteiger partial charge in [0.2, 0.25) is 0 Å². The molecule has 1 aromatic rings. The topological polar surface area (TPSA) is 30.5 Å². The SMILES string of the molecule is CCOc1cc(OC)c(Br)cc1CC1CCCNC1. The number of nitrogens with one attached hydrogen (secondary N) is 1. The van der Waals surface area contributed by atoms with Gasteiger partial charge in [-0.25, -0.2) is 0 Å². The number of hydrogen-bond donors (Lipinski definition) is 1. The molecule has 19 heavy (non-hydrogen) atoms. The molecule has 3 nitrogen and oxygen atoms in total. The Hall–Kier alpha value is -0.740. The number of piperidine rings is 1. The maximum Gasteiger partial charge on any atom is 0.136 e. The van der Waals surface area contributed by atoms with Crippen LogP contribution in [-0.4, -0.2) is 26.8 Å². The van der Waals surface area contributed by atoms with E-state index in [1.165, 1.54) is 18.4 Å². The predicted octanol–water partition coefficient (Wildman–Crippen LogP) is 3.40. The van der Waals surface area contributed by atoms with Crippen LogP contribution in [0.4, 0.5) is 0 Å². The second-order valence-corrected chi connectivity index (χ2v) is 5.80. The molecule has 1 aliphatic rings. The Balaban J connectivity index is 2.18. The van der Waals surface area contributed by atoms with Crippen molar-refractivity contribution in [2.45, 2.75) is 26.2 Å². The average Bonchev–Trinajstić information content (AvgIpc) is 2.43. The van der Waals surface area contributed by atoms with E-state index in [9.17, 15) is 0 Å². The first kappa shape index (κ1) is 14.7. The molecule has 0 bridgehead atoms. The van der Waals surface area contributed by atoms with Gasteiger partial charge in [0.15, 0.2) is 0 Å². The molecule has 1 heterocycles. The molecule has 106 valence electrons. The number of hydrogen-bond acceptors (Lipinski definition) is 3. The Morgan fingerprint density at radius 1 is 1.37 bits per heavy atom. The average molecular weight is 328 g/mol. The van der Waals surface area contributed by atoms with Crippen LogP contribution in [0.5, 0.6) is 11.5 Å². The summed E-state index contributed by atoms with van der Waals surface area (Å²) in [5.74, 6) is 2.48. The Kier molecular flexibility index (Phi) is 5.52. The van der Waals surface area contributed by atoms with E-state index in [0.717, 1.165) is 35.5 Å². The van der Waals surface area contributed by atoms with E-state index in [1.54, 1.807) is 7.11 Å². The molecule has 0 amide bonds. The van der Waals surface area contributed by atoms with Crippen LogP contribution < -0.4 is 14.8 Å². The number of rotatable bonds is 5. The molecule has 0 radical (unpaired) electrons. The second kappa shape index (κ2) is 7.15. The van der Waals surface area contributed by atoms with Crippen LogP contribution in [0.2, 0.25) is 0 Å². The zero-order chi connectivity index (χ0) is 13.7. The summed E-state index contributed by atoms with van der Waals surface area (Å²) in [6, 6.07) is 4.12. The minimum absolute atomic E-state index is 0.681. The van der Waals surface area contributed by atoms with Crippen molar-refractivity contribution >= 4 is 15.9 Å². The summed E-state index contributed by atoms with van der Waals surface area (Å²) in [5.41, 5.74) is 1.27. The number of methoxy groups -OCH3 is 1. The molecular weight excluding hydrogens is 306 g/mol. The van der Waals surface area contributed by atoms with Gasteiger partial charge in [-0.1, -0.05) is 0 Å². The van der Waals surface area contributed by atoms with Gasteiger partial charge in [0.1, 0.15) is 11.5 Å². The zero-order valence-electron chi connectivity index (χ0n) is 11.7. The monoisotopic (exact) mass is 327 g/mol. The molecule has 2 rings (SSSR count). The minimum Gasteiger partial charge on any atom is -0.495 e. The van der Waals surface area contributed by atoms with Crippen LogP contribution >= 0.6 is 15.9 Å². The third-order valence-corrected chi connectivity index (χ3v) is 4.16. The van der Waals surface area contributed by atoms with Gasteiger partial charge in [0, 0.05) is 6.07 Å². The lowest BCUT2D eigenvalue weighted by atomic mass is 9.92. The van der Waals surface area contributed by atoms with E-state index in [4.69, 9.17) is 9.47 Å². The fraction of sp³-hybridized carbons (Fsp3) is 0.600. The van der Waals surface area contributed by atoms with E-state index in [2.05, 4.69) is 27.3 Å². The van der Waals surface area contributed by atoms with Crippen molar-refractivity contribution in [1.82, 2.24) is 5.32 Å². The van der Waals surface area contributed by atoms with Gasteiger partial charge in [0.25, 0.3) is 0 Å². The Bertz CT molecular complexity index is 417. The zero-order valence-corrected chi connectivity index (χ0v) is 13.3. The fourth-order valence-electron chi connectivity index (χ4n) is 2.59. The lowest BCUT2D eigenvalue weighted by molar-refractivity contribution is 0.323. The van der Waals surface area contributed by atoms with Crippen molar-refractivity contribution in [2.75, 3.05) is 26.8 Å². The van der Waals surface area contributed by atoms with Gasteiger partial charge in [-0.15, -0.1) is 0 Å². The Labute approximate surface area is 123 Å². The molecule has 1 saturated heterocycles. The van der Waals surface area contributed by atoms with E-state index in [0.29, 0.717) is 12.5 Å². The van der Waals surface area contributed by atoms with Crippen LogP contribution in [0.15, 0.2) is 16.6 Å². The molecule has 1 N–H and O–H groups in total. The number of ether oxygens (including phenoxy) is 2. The Morgan fingerprint density at radius 3 is 2.84 bits per heavy atom. The lowest BCUT2D eigenvalue weighted by Gasteiger charge is -2.24. The normalized spacial score (nSPS) is 19.2. The van der Waals surface area contributed by atoms with Crippen LogP contribution in [0.25, 0.3) is 0 Å². The van der Waals surface area contributed by atoms with Crippen LogP contribution in [-0.2, 0) is 6.42 Å². The first-order valence-corrected chi connectivity index (χ1v) is 7.73.